The minimum Gasteiger partial charge on any atom is -0.296 e. The number of piperidine rings is 1. The number of likely N-dealkylation sites (tertiary alicyclic amines) is 1. The van der Waals surface area contributed by atoms with E-state index >= 15 is 0 Å². The van der Waals surface area contributed by atoms with E-state index in [4.69, 9.17) is 5.26 Å². The Hall–Kier alpha value is -2.12. The molecule has 0 aliphatic carbocycles. The summed E-state index contributed by atoms with van der Waals surface area (Å²) in [5.41, 5.74) is 4.32. The van der Waals surface area contributed by atoms with Crippen LogP contribution < -0.4 is 0 Å². The molecule has 1 aromatic carbocycles. The summed E-state index contributed by atoms with van der Waals surface area (Å²) in [6.45, 7) is 6.47. The molecule has 1 aliphatic rings. The van der Waals surface area contributed by atoms with E-state index in [0.717, 1.165) is 24.3 Å². The van der Waals surface area contributed by atoms with Gasteiger partial charge in [-0.25, -0.2) is 0 Å². The van der Waals surface area contributed by atoms with Gasteiger partial charge in [-0.05, 0) is 57.0 Å². The molecule has 0 bridgehead atoms. The third-order valence-corrected chi connectivity index (χ3v) is 4.67. The number of aryl methyl sites for hydroxylation is 1. The number of hydrogen-bond acceptors (Lipinski definition) is 3. The molecular formula is C18H22N4. The number of H-pyrrole nitrogens is 1. The van der Waals surface area contributed by atoms with Gasteiger partial charge in [0, 0.05) is 24.2 Å². The Kier molecular flexibility index (Phi) is 4.26. The predicted molar refractivity (Wildman–Crippen MR) is 86.4 cm³/mol. The first-order valence-corrected chi connectivity index (χ1v) is 7.93. The van der Waals surface area contributed by atoms with Crippen molar-refractivity contribution in [3.8, 4) is 6.07 Å². The van der Waals surface area contributed by atoms with Gasteiger partial charge >= 0.3 is 0 Å². The number of aromatic amines is 1. The molecule has 0 spiro atoms. The summed E-state index contributed by atoms with van der Waals surface area (Å²) in [6, 6.07) is 12.7. The molecule has 1 aromatic heterocycles. The monoisotopic (exact) mass is 294 g/mol. The van der Waals surface area contributed by atoms with Crippen LogP contribution >= 0.6 is 0 Å². The summed E-state index contributed by atoms with van der Waals surface area (Å²) in [5, 5.41) is 16.4. The first-order valence-electron chi connectivity index (χ1n) is 7.93. The second kappa shape index (κ2) is 6.33. The molecule has 2 atom stereocenters. The number of aromatic nitrogens is 2. The Labute approximate surface area is 131 Å². The van der Waals surface area contributed by atoms with Crippen LogP contribution in [0, 0.1) is 18.3 Å². The number of nitriles is 1. The maximum Gasteiger partial charge on any atom is 0.0991 e. The van der Waals surface area contributed by atoms with Crippen molar-refractivity contribution >= 4 is 0 Å². The zero-order valence-corrected chi connectivity index (χ0v) is 13.2. The molecule has 3 rings (SSSR count). The van der Waals surface area contributed by atoms with Crippen LogP contribution in [0.25, 0.3) is 0 Å². The van der Waals surface area contributed by atoms with Gasteiger partial charge in [0.25, 0.3) is 0 Å². The van der Waals surface area contributed by atoms with Crippen LogP contribution in [0.4, 0.5) is 0 Å². The smallest absolute Gasteiger partial charge is 0.0991 e. The van der Waals surface area contributed by atoms with Crippen molar-refractivity contribution in [2.45, 2.75) is 38.6 Å². The lowest BCUT2D eigenvalue weighted by atomic mass is 9.92. The number of benzene rings is 1. The summed E-state index contributed by atoms with van der Waals surface area (Å²) in [7, 11) is 0. The molecule has 4 heteroatoms. The topological polar surface area (TPSA) is 55.7 Å². The van der Waals surface area contributed by atoms with Gasteiger partial charge in [0.2, 0.25) is 0 Å². The molecule has 1 aliphatic heterocycles. The highest BCUT2D eigenvalue weighted by atomic mass is 15.2. The molecule has 1 saturated heterocycles. The Morgan fingerprint density at radius 1 is 1.36 bits per heavy atom. The molecule has 1 fully saturated rings. The molecule has 0 radical (unpaired) electrons. The fourth-order valence-electron chi connectivity index (χ4n) is 3.29. The van der Waals surface area contributed by atoms with E-state index in [2.05, 4.69) is 53.2 Å². The van der Waals surface area contributed by atoms with E-state index in [0.29, 0.717) is 12.0 Å². The zero-order valence-electron chi connectivity index (χ0n) is 13.2. The van der Waals surface area contributed by atoms with Crippen molar-refractivity contribution in [1.29, 1.82) is 5.26 Å². The van der Waals surface area contributed by atoms with Gasteiger partial charge in [-0.2, -0.15) is 10.4 Å². The Bertz CT molecular complexity index is 665. The minimum absolute atomic E-state index is 0.371. The summed E-state index contributed by atoms with van der Waals surface area (Å²) in [4.78, 5) is 2.53. The quantitative estimate of drug-likeness (QED) is 0.942. The van der Waals surface area contributed by atoms with Crippen LogP contribution in [0.1, 0.15) is 54.2 Å². The van der Waals surface area contributed by atoms with Crippen molar-refractivity contribution in [2.24, 2.45) is 0 Å². The van der Waals surface area contributed by atoms with Gasteiger partial charge in [0.05, 0.1) is 17.3 Å². The lowest BCUT2D eigenvalue weighted by Crippen LogP contribution is -2.36. The van der Waals surface area contributed by atoms with Gasteiger partial charge in [0.15, 0.2) is 0 Å². The number of rotatable bonds is 3. The zero-order chi connectivity index (χ0) is 15.5. The fourth-order valence-corrected chi connectivity index (χ4v) is 3.29. The van der Waals surface area contributed by atoms with Gasteiger partial charge in [-0.3, -0.25) is 10.00 Å². The maximum atomic E-state index is 8.91. The number of nitrogens with zero attached hydrogens (tertiary/aromatic N) is 3. The molecule has 2 unspecified atom stereocenters. The van der Waals surface area contributed by atoms with E-state index < -0.39 is 0 Å². The third kappa shape index (κ3) is 3.05. The largest absolute Gasteiger partial charge is 0.296 e. The van der Waals surface area contributed by atoms with Gasteiger partial charge in [-0.1, -0.05) is 12.1 Å². The van der Waals surface area contributed by atoms with Crippen LogP contribution in [0.3, 0.4) is 0 Å². The van der Waals surface area contributed by atoms with Crippen LogP contribution in [0.15, 0.2) is 30.3 Å². The van der Waals surface area contributed by atoms with Crippen molar-refractivity contribution in [3.05, 3.63) is 52.8 Å². The van der Waals surface area contributed by atoms with Gasteiger partial charge < -0.3 is 0 Å². The average molecular weight is 294 g/mol. The van der Waals surface area contributed by atoms with Gasteiger partial charge in [-0.15, -0.1) is 0 Å². The van der Waals surface area contributed by atoms with E-state index in [1.807, 2.05) is 12.1 Å². The molecule has 1 N–H and O–H groups in total. The maximum absolute atomic E-state index is 8.91. The highest BCUT2D eigenvalue weighted by Gasteiger charge is 2.26. The molecular weight excluding hydrogens is 272 g/mol. The van der Waals surface area contributed by atoms with Crippen molar-refractivity contribution in [1.82, 2.24) is 15.1 Å². The lowest BCUT2D eigenvalue weighted by Gasteiger charge is -2.36. The van der Waals surface area contributed by atoms with E-state index in [1.165, 1.54) is 24.1 Å². The first kappa shape index (κ1) is 14.8. The first-order chi connectivity index (χ1) is 10.7. The van der Waals surface area contributed by atoms with Gasteiger partial charge in [0.1, 0.15) is 0 Å². The molecule has 114 valence electrons. The fraction of sp³-hybridized carbons (Fsp3) is 0.444. The van der Waals surface area contributed by atoms with Crippen molar-refractivity contribution in [2.75, 3.05) is 13.1 Å². The molecule has 2 heterocycles. The Morgan fingerprint density at radius 3 is 2.77 bits per heavy atom. The molecule has 0 amide bonds. The van der Waals surface area contributed by atoms with Crippen LogP contribution in [-0.4, -0.2) is 28.2 Å². The Morgan fingerprint density at radius 2 is 2.14 bits per heavy atom. The lowest BCUT2D eigenvalue weighted by molar-refractivity contribution is 0.157. The summed E-state index contributed by atoms with van der Waals surface area (Å²) < 4.78 is 0. The molecule has 22 heavy (non-hydrogen) atoms. The van der Waals surface area contributed by atoms with Crippen molar-refractivity contribution in [3.63, 3.8) is 0 Å². The number of hydrogen-bond donors (Lipinski definition) is 1. The summed E-state index contributed by atoms with van der Waals surface area (Å²) in [5.74, 6) is 0.513. The third-order valence-electron chi connectivity index (χ3n) is 4.67. The minimum atomic E-state index is 0.371. The van der Waals surface area contributed by atoms with Crippen molar-refractivity contribution < 1.29 is 0 Å². The second-order valence-corrected chi connectivity index (χ2v) is 6.22. The summed E-state index contributed by atoms with van der Waals surface area (Å²) in [6.07, 6.45) is 2.41. The predicted octanol–water partition coefficient (Wildman–Crippen LogP) is 3.53. The highest BCUT2D eigenvalue weighted by Crippen LogP contribution is 2.31. The molecule has 2 aromatic rings. The standard InChI is InChI=1S/C18H22N4/c1-13-10-18(21-20-13)17-4-3-9-22(12-17)14(2)16-7-5-15(11-19)6-8-16/h5-8,10,14,17H,3-4,9,12H2,1-2H3,(H,20,21). The van der Waals surface area contributed by atoms with Crippen LogP contribution in [0.5, 0.6) is 0 Å². The van der Waals surface area contributed by atoms with E-state index in [9.17, 15) is 0 Å². The highest BCUT2D eigenvalue weighted by molar-refractivity contribution is 5.32. The van der Waals surface area contributed by atoms with Crippen LogP contribution in [0.2, 0.25) is 0 Å². The Balaban J connectivity index is 1.72. The normalized spacial score (nSPS) is 20.5. The molecule has 4 nitrogen and oxygen atoms in total. The molecule has 0 saturated carbocycles. The van der Waals surface area contributed by atoms with E-state index in [-0.39, 0.29) is 0 Å². The second-order valence-electron chi connectivity index (χ2n) is 6.22. The van der Waals surface area contributed by atoms with E-state index in [1.54, 1.807) is 0 Å². The van der Waals surface area contributed by atoms with Crippen LogP contribution in [-0.2, 0) is 0 Å². The summed E-state index contributed by atoms with van der Waals surface area (Å²) >= 11 is 0. The average Bonchev–Trinajstić information content (AvgIpc) is 3.01. The SMILES string of the molecule is Cc1cc(C2CCCN(C(C)c3ccc(C#N)cc3)C2)n[nH]1. The number of nitrogens with one attached hydrogen (secondary N) is 1.